The van der Waals surface area contributed by atoms with Gasteiger partial charge in [-0.15, -0.1) is 0 Å². The van der Waals surface area contributed by atoms with E-state index in [2.05, 4.69) is 21.3 Å². The van der Waals surface area contributed by atoms with Gasteiger partial charge in [0.05, 0.1) is 22.7 Å². The van der Waals surface area contributed by atoms with Gasteiger partial charge in [0.15, 0.2) is 5.69 Å². The highest BCUT2D eigenvalue weighted by atomic mass is 16.2. The molecule has 8 nitrogen and oxygen atoms in total. The molecule has 0 spiro atoms. The summed E-state index contributed by atoms with van der Waals surface area (Å²) in [4.78, 5) is 38.5. The summed E-state index contributed by atoms with van der Waals surface area (Å²) in [5.74, 6) is -1.12. The lowest BCUT2D eigenvalue weighted by molar-refractivity contribution is 0.0844. The minimum Gasteiger partial charge on any atom is -0.355 e. The van der Waals surface area contributed by atoms with Crippen molar-refractivity contribution in [1.82, 2.24) is 20.6 Å². The number of carbonyl (C=O) groups excluding carboxylic acids is 2. The summed E-state index contributed by atoms with van der Waals surface area (Å²) in [6.45, 7) is 3.62. The van der Waals surface area contributed by atoms with Gasteiger partial charge in [-0.2, -0.15) is 5.10 Å². The highest BCUT2D eigenvalue weighted by molar-refractivity contribution is 6.06. The summed E-state index contributed by atoms with van der Waals surface area (Å²) < 4.78 is 1.26. The van der Waals surface area contributed by atoms with Crippen LogP contribution in [0.3, 0.4) is 0 Å². The molecule has 1 heterocycles. The zero-order valence-electron chi connectivity index (χ0n) is 18.2. The number of hydrogen-bond acceptors (Lipinski definition) is 5. The van der Waals surface area contributed by atoms with E-state index < -0.39 is 11.8 Å². The predicted octanol–water partition coefficient (Wildman–Crippen LogP) is 3.80. The standard InChI is InChI=1S/C25H23N5O3/c1-16(2)30-25(33)19-13-7-6-12-18(19)22(29-30)24(32)28-27-23(31)20-14-8-9-15-21(20)26-17-10-4-3-5-11-17/h3-16,26H,1-2H3,(H,27,31)(H,28,32). The van der Waals surface area contributed by atoms with Gasteiger partial charge in [0, 0.05) is 11.1 Å². The fourth-order valence-corrected chi connectivity index (χ4v) is 3.43. The number of carbonyl (C=O) groups is 2. The monoisotopic (exact) mass is 441 g/mol. The molecule has 4 rings (SSSR count). The number of hydrogen-bond donors (Lipinski definition) is 3. The molecule has 0 aliphatic carbocycles. The topological polar surface area (TPSA) is 105 Å². The molecule has 0 aliphatic heterocycles. The molecule has 0 fully saturated rings. The molecule has 2 amide bonds. The van der Waals surface area contributed by atoms with Gasteiger partial charge in [-0.3, -0.25) is 25.2 Å². The number of anilines is 2. The van der Waals surface area contributed by atoms with Crippen LogP contribution >= 0.6 is 0 Å². The van der Waals surface area contributed by atoms with E-state index >= 15 is 0 Å². The first-order valence-electron chi connectivity index (χ1n) is 10.5. The van der Waals surface area contributed by atoms with Crippen molar-refractivity contribution in [3.8, 4) is 0 Å². The Labute approximate surface area is 190 Å². The molecule has 0 radical (unpaired) electrons. The Hall–Kier alpha value is -4.46. The molecule has 0 bridgehead atoms. The maximum absolute atomic E-state index is 12.9. The van der Waals surface area contributed by atoms with Gasteiger partial charge in [0.25, 0.3) is 17.4 Å². The maximum Gasteiger partial charge on any atom is 0.290 e. The van der Waals surface area contributed by atoms with Crippen LogP contribution in [0.25, 0.3) is 10.8 Å². The molecule has 8 heteroatoms. The Balaban J connectivity index is 1.57. The van der Waals surface area contributed by atoms with Gasteiger partial charge < -0.3 is 5.32 Å². The van der Waals surface area contributed by atoms with Crippen LogP contribution < -0.4 is 21.7 Å². The van der Waals surface area contributed by atoms with E-state index in [4.69, 9.17) is 0 Å². The minimum absolute atomic E-state index is 0.0508. The van der Waals surface area contributed by atoms with Gasteiger partial charge in [-0.1, -0.05) is 48.5 Å². The maximum atomic E-state index is 12.9. The van der Waals surface area contributed by atoms with E-state index in [1.807, 2.05) is 50.2 Å². The summed E-state index contributed by atoms with van der Waals surface area (Å²) in [5.41, 5.74) is 6.41. The fourth-order valence-electron chi connectivity index (χ4n) is 3.43. The molecule has 3 aromatic carbocycles. The van der Waals surface area contributed by atoms with E-state index in [1.54, 1.807) is 42.5 Å². The lowest BCUT2D eigenvalue weighted by Gasteiger charge is -2.15. The molecule has 33 heavy (non-hydrogen) atoms. The summed E-state index contributed by atoms with van der Waals surface area (Å²) in [6, 6.07) is 23.0. The van der Waals surface area contributed by atoms with E-state index in [0.717, 1.165) is 5.69 Å². The summed E-state index contributed by atoms with van der Waals surface area (Å²) in [6.07, 6.45) is 0. The largest absolute Gasteiger partial charge is 0.355 e. The first kappa shape index (κ1) is 21.8. The quantitative estimate of drug-likeness (QED) is 0.409. The van der Waals surface area contributed by atoms with Crippen molar-refractivity contribution in [3.05, 3.63) is 100 Å². The molecule has 0 unspecified atom stereocenters. The summed E-state index contributed by atoms with van der Waals surface area (Å²) >= 11 is 0. The number of para-hydroxylation sites is 2. The molecular formula is C25H23N5O3. The van der Waals surface area contributed by atoms with Crippen molar-refractivity contribution in [2.45, 2.75) is 19.9 Å². The van der Waals surface area contributed by atoms with Crippen molar-refractivity contribution in [3.63, 3.8) is 0 Å². The third kappa shape index (κ3) is 4.59. The van der Waals surface area contributed by atoms with Crippen LogP contribution in [0.15, 0.2) is 83.7 Å². The van der Waals surface area contributed by atoms with E-state index in [1.165, 1.54) is 4.68 Å². The third-order valence-electron chi connectivity index (χ3n) is 5.05. The molecule has 1 aromatic heterocycles. The number of nitrogens with zero attached hydrogens (tertiary/aromatic N) is 2. The molecule has 0 aliphatic rings. The number of benzene rings is 3. The first-order chi connectivity index (χ1) is 16.0. The second-order valence-corrected chi connectivity index (χ2v) is 7.68. The lowest BCUT2D eigenvalue weighted by Crippen LogP contribution is -2.43. The molecule has 0 saturated carbocycles. The van der Waals surface area contributed by atoms with Crippen molar-refractivity contribution in [1.29, 1.82) is 0 Å². The van der Waals surface area contributed by atoms with Gasteiger partial charge in [0.2, 0.25) is 0 Å². The van der Waals surface area contributed by atoms with E-state index in [9.17, 15) is 14.4 Å². The van der Waals surface area contributed by atoms with Crippen LogP contribution in [-0.4, -0.2) is 21.6 Å². The molecule has 4 aromatic rings. The number of amides is 2. The van der Waals surface area contributed by atoms with Crippen LogP contribution in [0.5, 0.6) is 0 Å². The Morgan fingerprint density at radius 1 is 0.788 bits per heavy atom. The number of aromatic nitrogens is 2. The number of hydrazine groups is 1. The zero-order valence-corrected chi connectivity index (χ0v) is 18.2. The Morgan fingerprint density at radius 3 is 2.12 bits per heavy atom. The van der Waals surface area contributed by atoms with Crippen LogP contribution in [0.4, 0.5) is 11.4 Å². The highest BCUT2D eigenvalue weighted by Crippen LogP contribution is 2.20. The van der Waals surface area contributed by atoms with Crippen LogP contribution in [0.2, 0.25) is 0 Å². The summed E-state index contributed by atoms with van der Waals surface area (Å²) in [7, 11) is 0. The fraction of sp³-hybridized carbons (Fsp3) is 0.120. The zero-order chi connectivity index (χ0) is 23.4. The number of rotatable bonds is 5. The van der Waals surface area contributed by atoms with Crippen molar-refractivity contribution < 1.29 is 9.59 Å². The van der Waals surface area contributed by atoms with E-state index in [0.29, 0.717) is 22.0 Å². The predicted molar refractivity (Wildman–Crippen MR) is 127 cm³/mol. The van der Waals surface area contributed by atoms with Crippen LogP contribution in [0, 0.1) is 0 Å². The SMILES string of the molecule is CC(C)n1nc(C(=O)NNC(=O)c2ccccc2Nc2ccccc2)c2ccccc2c1=O. The number of nitrogens with one attached hydrogen (secondary N) is 3. The van der Waals surface area contributed by atoms with Gasteiger partial charge in [0.1, 0.15) is 0 Å². The average molecular weight is 441 g/mol. The van der Waals surface area contributed by atoms with Gasteiger partial charge in [-0.05, 0) is 44.2 Å². The molecule has 3 N–H and O–H groups in total. The minimum atomic E-state index is -0.623. The molecule has 0 saturated heterocycles. The third-order valence-corrected chi connectivity index (χ3v) is 5.05. The normalized spacial score (nSPS) is 10.8. The summed E-state index contributed by atoms with van der Waals surface area (Å²) in [5, 5.41) is 8.25. The van der Waals surface area contributed by atoms with Crippen molar-refractivity contribution >= 4 is 34.0 Å². The molecule has 0 atom stereocenters. The van der Waals surface area contributed by atoms with Gasteiger partial charge >= 0.3 is 0 Å². The Kier molecular flexibility index (Phi) is 6.17. The average Bonchev–Trinajstić information content (AvgIpc) is 2.83. The second kappa shape index (κ2) is 9.35. The molecular weight excluding hydrogens is 418 g/mol. The Bertz CT molecular complexity index is 1380. The van der Waals surface area contributed by atoms with E-state index in [-0.39, 0.29) is 17.3 Å². The lowest BCUT2D eigenvalue weighted by atomic mass is 10.1. The second-order valence-electron chi connectivity index (χ2n) is 7.68. The van der Waals surface area contributed by atoms with Crippen molar-refractivity contribution in [2.24, 2.45) is 0 Å². The smallest absolute Gasteiger partial charge is 0.290 e. The van der Waals surface area contributed by atoms with Gasteiger partial charge in [-0.25, -0.2) is 4.68 Å². The van der Waals surface area contributed by atoms with Crippen molar-refractivity contribution in [2.75, 3.05) is 5.32 Å². The Morgan fingerprint density at radius 2 is 1.39 bits per heavy atom. The van der Waals surface area contributed by atoms with Crippen LogP contribution in [-0.2, 0) is 0 Å². The highest BCUT2D eigenvalue weighted by Gasteiger charge is 2.19. The number of fused-ring (bicyclic) bond motifs is 1. The first-order valence-corrected chi connectivity index (χ1v) is 10.5. The molecule has 166 valence electrons. The van der Waals surface area contributed by atoms with Crippen LogP contribution in [0.1, 0.15) is 40.7 Å².